The zero-order valence-electron chi connectivity index (χ0n) is 11.3. The topological polar surface area (TPSA) is 101 Å². The number of nitrogens with two attached hydrogens (primary N) is 1. The van der Waals surface area contributed by atoms with E-state index in [1.54, 1.807) is 20.8 Å². The Hall–Kier alpha value is -1.73. The maximum atomic E-state index is 12.3. The maximum absolute atomic E-state index is 12.3. The molecule has 4 N–H and O–H groups in total. The van der Waals surface area contributed by atoms with E-state index in [9.17, 15) is 8.42 Å². The minimum absolute atomic E-state index is 0.00523. The highest BCUT2D eigenvalue weighted by Crippen LogP contribution is 2.27. The number of nitrogens with zero attached hydrogens (tertiary/aromatic N) is 1. The van der Waals surface area contributed by atoms with E-state index in [2.05, 4.69) is 14.9 Å². The van der Waals surface area contributed by atoms with E-state index in [4.69, 9.17) is 17.3 Å². The third-order valence-electron chi connectivity index (χ3n) is 3.15. The predicted octanol–water partition coefficient (Wildman–Crippen LogP) is 2.37. The average Bonchev–Trinajstić information content (AvgIpc) is 2.67. The molecule has 0 saturated carbocycles. The Balaban J connectivity index is 2.43. The van der Waals surface area contributed by atoms with Crippen molar-refractivity contribution in [3.63, 3.8) is 0 Å². The van der Waals surface area contributed by atoms with Gasteiger partial charge in [-0.3, -0.25) is 9.82 Å². The van der Waals surface area contributed by atoms with Crippen molar-refractivity contribution in [2.75, 3.05) is 10.5 Å². The molecule has 0 amide bonds. The summed E-state index contributed by atoms with van der Waals surface area (Å²) >= 11 is 5.97. The largest absolute Gasteiger partial charge is 0.398 e. The highest BCUT2D eigenvalue weighted by atomic mass is 35.5. The molecule has 2 aromatic rings. The Morgan fingerprint density at radius 1 is 1.25 bits per heavy atom. The van der Waals surface area contributed by atoms with Gasteiger partial charge in [-0.25, -0.2) is 8.42 Å². The highest BCUT2D eigenvalue weighted by molar-refractivity contribution is 7.92. The van der Waals surface area contributed by atoms with E-state index in [-0.39, 0.29) is 10.7 Å². The van der Waals surface area contributed by atoms with E-state index in [0.29, 0.717) is 16.3 Å². The van der Waals surface area contributed by atoms with Gasteiger partial charge in [0.15, 0.2) is 5.82 Å². The number of sulfonamides is 1. The molecule has 0 fully saturated rings. The van der Waals surface area contributed by atoms with Gasteiger partial charge in [-0.2, -0.15) is 5.10 Å². The van der Waals surface area contributed by atoms with Crippen molar-refractivity contribution in [1.82, 2.24) is 10.2 Å². The van der Waals surface area contributed by atoms with Crippen LogP contribution in [0, 0.1) is 20.8 Å². The molecular weight excluding hydrogens is 300 g/mol. The van der Waals surface area contributed by atoms with E-state index >= 15 is 0 Å². The van der Waals surface area contributed by atoms with Crippen molar-refractivity contribution in [2.24, 2.45) is 0 Å². The summed E-state index contributed by atoms with van der Waals surface area (Å²) in [5, 5.41) is 6.93. The molecule has 1 heterocycles. The van der Waals surface area contributed by atoms with Crippen molar-refractivity contribution in [3.05, 3.63) is 34.0 Å². The van der Waals surface area contributed by atoms with Gasteiger partial charge in [0.25, 0.3) is 10.0 Å². The predicted molar refractivity (Wildman–Crippen MR) is 79.5 cm³/mol. The SMILES string of the molecule is Cc1[nH]nc(NS(=O)(=O)c2cc(N)c(C)c(Cl)c2)c1C. The first-order valence-electron chi connectivity index (χ1n) is 5.82. The first kappa shape index (κ1) is 14.7. The van der Waals surface area contributed by atoms with Crippen molar-refractivity contribution in [3.8, 4) is 0 Å². The van der Waals surface area contributed by atoms with Crippen LogP contribution in [0.2, 0.25) is 5.02 Å². The van der Waals surface area contributed by atoms with Crippen LogP contribution in [0.3, 0.4) is 0 Å². The van der Waals surface area contributed by atoms with Crippen LogP contribution in [0.1, 0.15) is 16.8 Å². The van der Waals surface area contributed by atoms with Crippen LogP contribution in [-0.4, -0.2) is 18.6 Å². The zero-order valence-corrected chi connectivity index (χ0v) is 12.9. The Morgan fingerprint density at radius 3 is 2.40 bits per heavy atom. The number of aromatic amines is 1. The van der Waals surface area contributed by atoms with E-state index in [1.807, 2.05) is 0 Å². The fourth-order valence-corrected chi connectivity index (χ4v) is 3.02. The number of H-pyrrole nitrogens is 1. The van der Waals surface area contributed by atoms with E-state index < -0.39 is 10.0 Å². The second kappa shape index (κ2) is 4.99. The number of hydrogen-bond donors (Lipinski definition) is 3. The standard InChI is InChI=1S/C12H15ClN4O2S/c1-6-8(3)15-16-12(6)17-20(18,19)9-4-10(13)7(2)11(14)5-9/h4-5H,14H2,1-3H3,(H2,15,16,17). The summed E-state index contributed by atoms with van der Waals surface area (Å²) < 4.78 is 27.0. The number of hydrogen-bond acceptors (Lipinski definition) is 4. The molecule has 6 nitrogen and oxygen atoms in total. The monoisotopic (exact) mass is 314 g/mol. The molecule has 8 heteroatoms. The summed E-state index contributed by atoms with van der Waals surface area (Å²) in [7, 11) is -3.78. The van der Waals surface area contributed by atoms with Crippen LogP contribution in [-0.2, 0) is 10.0 Å². The molecule has 0 bridgehead atoms. The summed E-state index contributed by atoms with van der Waals surface area (Å²) in [4.78, 5) is 0.00523. The van der Waals surface area contributed by atoms with Gasteiger partial charge in [0, 0.05) is 22.0 Å². The molecule has 0 aliphatic rings. The Bertz CT molecular complexity index is 745. The third-order valence-corrected chi connectivity index (χ3v) is 4.86. The van der Waals surface area contributed by atoms with Crippen LogP contribution in [0.4, 0.5) is 11.5 Å². The smallest absolute Gasteiger partial charge is 0.263 e. The summed E-state index contributed by atoms with van der Waals surface area (Å²) in [5.41, 5.74) is 8.26. The van der Waals surface area contributed by atoms with Crippen molar-refractivity contribution >= 4 is 33.1 Å². The Labute approximate surface area is 122 Å². The molecule has 2 rings (SSSR count). The first-order valence-corrected chi connectivity index (χ1v) is 7.68. The molecule has 0 aliphatic heterocycles. The van der Waals surface area contributed by atoms with Gasteiger partial charge in [-0.05, 0) is 38.5 Å². The zero-order chi connectivity index (χ0) is 15.1. The fourth-order valence-electron chi connectivity index (χ4n) is 1.60. The molecular formula is C12H15ClN4O2S. The minimum atomic E-state index is -3.78. The van der Waals surface area contributed by atoms with Crippen molar-refractivity contribution < 1.29 is 8.42 Å². The van der Waals surface area contributed by atoms with E-state index in [1.165, 1.54) is 12.1 Å². The molecule has 0 radical (unpaired) electrons. The third kappa shape index (κ3) is 2.59. The van der Waals surface area contributed by atoms with Crippen molar-refractivity contribution in [1.29, 1.82) is 0 Å². The number of benzene rings is 1. The lowest BCUT2D eigenvalue weighted by atomic mass is 10.2. The van der Waals surface area contributed by atoms with Crippen LogP contribution < -0.4 is 10.5 Å². The lowest BCUT2D eigenvalue weighted by Gasteiger charge is -2.10. The molecule has 1 aromatic heterocycles. The van der Waals surface area contributed by atoms with Crippen LogP contribution in [0.15, 0.2) is 17.0 Å². The lowest BCUT2D eigenvalue weighted by molar-refractivity contribution is 0.601. The summed E-state index contributed by atoms with van der Waals surface area (Å²) in [5.74, 6) is 0.262. The molecule has 0 saturated heterocycles. The molecule has 0 aliphatic carbocycles. The Morgan fingerprint density at radius 2 is 1.90 bits per heavy atom. The molecule has 0 spiro atoms. The fraction of sp³-hybridized carbons (Fsp3) is 0.250. The normalized spacial score (nSPS) is 11.6. The van der Waals surface area contributed by atoms with E-state index in [0.717, 1.165) is 11.3 Å². The molecule has 0 atom stereocenters. The van der Waals surface area contributed by atoms with Gasteiger partial charge in [0.2, 0.25) is 0 Å². The molecule has 20 heavy (non-hydrogen) atoms. The Kier molecular flexibility index (Phi) is 3.66. The molecule has 1 aromatic carbocycles. The van der Waals surface area contributed by atoms with Crippen LogP contribution >= 0.6 is 11.6 Å². The number of halogens is 1. The number of rotatable bonds is 3. The van der Waals surface area contributed by atoms with Gasteiger partial charge in [-0.1, -0.05) is 11.6 Å². The minimum Gasteiger partial charge on any atom is -0.398 e. The van der Waals surface area contributed by atoms with Gasteiger partial charge in [-0.15, -0.1) is 0 Å². The second-order valence-corrected chi connectivity index (χ2v) is 6.64. The van der Waals surface area contributed by atoms with Crippen LogP contribution in [0.5, 0.6) is 0 Å². The number of anilines is 2. The van der Waals surface area contributed by atoms with Crippen molar-refractivity contribution in [2.45, 2.75) is 25.7 Å². The highest BCUT2D eigenvalue weighted by Gasteiger charge is 2.19. The molecule has 0 unspecified atom stereocenters. The first-order chi connectivity index (χ1) is 9.22. The quantitative estimate of drug-likeness (QED) is 0.757. The number of nitrogen functional groups attached to an aromatic ring is 1. The number of aromatic nitrogens is 2. The number of nitrogens with one attached hydrogen (secondary N) is 2. The average molecular weight is 315 g/mol. The number of aryl methyl sites for hydroxylation is 1. The summed E-state index contributed by atoms with van der Waals surface area (Å²) in [6.07, 6.45) is 0. The maximum Gasteiger partial charge on any atom is 0.263 e. The van der Waals surface area contributed by atoms with Gasteiger partial charge in [0.05, 0.1) is 4.90 Å². The van der Waals surface area contributed by atoms with Gasteiger partial charge in [0.1, 0.15) is 0 Å². The summed E-state index contributed by atoms with van der Waals surface area (Å²) in [6.45, 7) is 5.30. The second-order valence-electron chi connectivity index (χ2n) is 4.55. The van der Waals surface area contributed by atoms with Gasteiger partial charge < -0.3 is 5.73 Å². The summed E-state index contributed by atoms with van der Waals surface area (Å²) in [6, 6.07) is 2.74. The van der Waals surface area contributed by atoms with Crippen LogP contribution in [0.25, 0.3) is 0 Å². The molecule has 108 valence electrons. The lowest BCUT2D eigenvalue weighted by Crippen LogP contribution is -2.14. The van der Waals surface area contributed by atoms with Gasteiger partial charge >= 0.3 is 0 Å².